The third-order valence-electron chi connectivity index (χ3n) is 3.66. The highest BCUT2D eigenvalue weighted by Gasteiger charge is 2.20. The van der Waals surface area contributed by atoms with Gasteiger partial charge in [0.2, 0.25) is 5.91 Å². The number of anilines is 1. The number of methoxy groups -OCH3 is 1. The third kappa shape index (κ3) is 8.06. The summed E-state index contributed by atoms with van der Waals surface area (Å²) >= 11 is 0. The van der Waals surface area contributed by atoms with Crippen molar-refractivity contribution in [1.29, 1.82) is 0 Å². The van der Waals surface area contributed by atoms with Crippen molar-refractivity contribution in [2.75, 3.05) is 18.2 Å². The Labute approximate surface area is 159 Å². The maximum absolute atomic E-state index is 12.1. The molecule has 0 bridgehead atoms. The van der Waals surface area contributed by atoms with Crippen LogP contribution in [0.3, 0.4) is 0 Å². The van der Waals surface area contributed by atoms with Crippen LogP contribution in [0.5, 0.6) is 5.75 Å². The highest BCUT2D eigenvalue weighted by Crippen LogP contribution is 2.14. The summed E-state index contributed by atoms with van der Waals surface area (Å²) in [7, 11) is -2.32. The lowest BCUT2D eigenvalue weighted by atomic mass is 10.2. The molecule has 1 N–H and O–H groups in total. The van der Waals surface area contributed by atoms with Gasteiger partial charge in [0.15, 0.2) is 0 Å². The predicted molar refractivity (Wildman–Crippen MR) is 105 cm³/mol. The molecule has 0 saturated heterocycles. The van der Waals surface area contributed by atoms with Crippen LogP contribution in [0, 0.1) is 0 Å². The van der Waals surface area contributed by atoms with E-state index >= 15 is 0 Å². The average Bonchev–Trinajstić information content (AvgIpc) is 2.65. The molecule has 144 valence electrons. The van der Waals surface area contributed by atoms with Crippen LogP contribution in [0.4, 0.5) is 5.69 Å². The largest absolute Gasteiger partial charge is 0.382 e. The molecule has 0 radical (unpaired) electrons. The van der Waals surface area contributed by atoms with Gasteiger partial charge in [-0.2, -0.15) is 8.42 Å². The normalized spacial score (nSPS) is 12.6. The molecule has 1 amide bonds. The number of ether oxygens (including phenoxy) is 1. The van der Waals surface area contributed by atoms with Crippen LogP contribution in [0.15, 0.2) is 72.8 Å². The number of hydrogen-bond acceptors (Lipinski definition) is 5. The van der Waals surface area contributed by atoms with Gasteiger partial charge in [-0.15, -0.1) is 0 Å². The molecule has 0 aliphatic rings. The Balaban J connectivity index is 1.78. The fourth-order valence-corrected chi connectivity index (χ4v) is 3.56. The Morgan fingerprint density at radius 3 is 2.33 bits per heavy atom. The van der Waals surface area contributed by atoms with Crippen LogP contribution in [0.1, 0.15) is 12.8 Å². The Morgan fingerprint density at radius 2 is 1.70 bits per heavy atom. The van der Waals surface area contributed by atoms with Crippen LogP contribution < -0.4 is 9.50 Å². The number of amides is 1. The first-order valence-electron chi connectivity index (χ1n) is 8.51. The predicted octanol–water partition coefficient (Wildman–Crippen LogP) is 3.39. The third-order valence-corrected chi connectivity index (χ3v) is 4.88. The first kappa shape index (κ1) is 20.7. The number of benzene rings is 2. The fourth-order valence-electron chi connectivity index (χ4n) is 2.33. The molecule has 1 atom stereocenters. The van der Waals surface area contributed by atoms with Crippen LogP contribution >= 0.6 is 0 Å². The zero-order chi connectivity index (χ0) is 19.5. The molecular formula is C20H23NO5S. The summed E-state index contributed by atoms with van der Waals surface area (Å²) in [6.07, 6.45) is 3.54. The SMILES string of the molecule is COC(CCC=CC(=O)Nc1ccccc1)CS(=O)(=O)Oc1ccccc1. The lowest BCUT2D eigenvalue weighted by Gasteiger charge is -2.15. The zero-order valence-corrected chi connectivity index (χ0v) is 15.9. The summed E-state index contributed by atoms with van der Waals surface area (Å²) < 4.78 is 34.5. The van der Waals surface area contributed by atoms with E-state index in [4.69, 9.17) is 8.92 Å². The highest BCUT2D eigenvalue weighted by atomic mass is 32.2. The van der Waals surface area contributed by atoms with E-state index in [-0.39, 0.29) is 17.4 Å². The summed E-state index contributed by atoms with van der Waals surface area (Å²) in [5.74, 6) is -0.234. The highest BCUT2D eigenvalue weighted by molar-refractivity contribution is 7.87. The second kappa shape index (κ2) is 10.5. The number of nitrogens with one attached hydrogen (secondary N) is 1. The molecule has 0 spiro atoms. The molecule has 27 heavy (non-hydrogen) atoms. The van der Waals surface area contributed by atoms with Gasteiger partial charge < -0.3 is 14.2 Å². The molecule has 6 nitrogen and oxygen atoms in total. The quantitative estimate of drug-likeness (QED) is 0.498. The van der Waals surface area contributed by atoms with Gasteiger partial charge in [0.05, 0.1) is 6.10 Å². The fraction of sp³-hybridized carbons (Fsp3) is 0.250. The van der Waals surface area contributed by atoms with E-state index in [1.807, 2.05) is 18.2 Å². The molecule has 2 aromatic carbocycles. The number of para-hydroxylation sites is 2. The van der Waals surface area contributed by atoms with E-state index in [0.29, 0.717) is 18.5 Å². The summed E-state index contributed by atoms with van der Waals surface area (Å²) in [5.41, 5.74) is 0.714. The smallest absolute Gasteiger partial charge is 0.311 e. The Morgan fingerprint density at radius 1 is 1.07 bits per heavy atom. The molecule has 2 rings (SSSR count). The van der Waals surface area contributed by atoms with Crippen molar-refractivity contribution in [3.05, 3.63) is 72.8 Å². The number of carbonyl (C=O) groups is 1. The van der Waals surface area contributed by atoms with Crippen molar-refractivity contribution in [2.24, 2.45) is 0 Å². The standard InChI is InChI=1S/C20H23NO5S/c1-25-19(16-27(23,24)26-18-12-6-3-7-13-18)14-8-9-15-20(22)21-17-10-4-2-5-11-17/h2-7,9-13,15,19H,8,14,16H2,1H3,(H,21,22). The Hall–Kier alpha value is -2.64. The van der Waals surface area contributed by atoms with E-state index in [9.17, 15) is 13.2 Å². The second-order valence-corrected chi connectivity index (χ2v) is 7.43. The molecule has 7 heteroatoms. The van der Waals surface area contributed by atoms with Crippen molar-refractivity contribution in [2.45, 2.75) is 18.9 Å². The first-order valence-corrected chi connectivity index (χ1v) is 10.1. The number of carbonyl (C=O) groups excluding carboxylic acids is 1. The lowest BCUT2D eigenvalue weighted by molar-refractivity contribution is -0.111. The second-order valence-electron chi connectivity index (χ2n) is 5.81. The van der Waals surface area contributed by atoms with E-state index in [0.717, 1.165) is 0 Å². The van der Waals surface area contributed by atoms with Crippen LogP contribution in [0.25, 0.3) is 0 Å². The summed E-state index contributed by atoms with van der Waals surface area (Å²) in [5, 5.41) is 2.74. The molecule has 0 aliphatic carbocycles. The maximum Gasteiger partial charge on any atom is 0.311 e. The van der Waals surface area contributed by atoms with E-state index in [2.05, 4.69) is 5.32 Å². The van der Waals surface area contributed by atoms with Crippen molar-refractivity contribution in [1.82, 2.24) is 0 Å². The number of hydrogen-bond donors (Lipinski definition) is 1. The van der Waals surface area contributed by atoms with Crippen molar-refractivity contribution in [3.63, 3.8) is 0 Å². The van der Waals surface area contributed by atoms with Gasteiger partial charge in [0.25, 0.3) is 0 Å². The van der Waals surface area contributed by atoms with Crippen LogP contribution in [0.2, 0.25) is 0 Å². The zero-order valence-electron chi connectivity index (χ0n) is 15.1. The van der Waals surface area contributed by atoms with Gasteiger partial charge in [0.1, 0.15) is 11.5 Å². The maximum atomic E-state index is 12.1. The van der Waals surface area contributed by atoms with Gasteiger partial charge >= 0.3 is 10.1 Å². The van der Waals surface area contributed by atoms with Gasteiger partial charge in [-0.1, -0.05) is 42.5 Å². The summed E-state index contributed by atoms with van der Waals surface area (Å²) in [6.45, 7) is 0. The molecule has 2 aromatic rings. The average molecular weight is 389 g/mol. The monoisotopic (exact) mass is 389 g/mol. The molecule has 0 saturated carbocycles. The number of allylic oxidation sites excluding steroid dienone is 1. The minimum absolute atomic E-state index is 0.241. The van der Waals surface area contributed by atoms with Crippen molar-refractivity contribution < 1.29 is 22.1 Å². The molecular weight excluding hydrogens is 366 g/mol. The lowest BCUT2D eigenvalue weighted by Crippen LogP contribution is -2.26. The topological polar surface area (TPSA) is 81.7 Å². The van der Waals surface area contributed by atoms with Crippen LogP contribution in [-0.2, 0) is 19.6 Å². The minimum atomic E-state index is -3.77. The van der Waals surface area contributed by atoms with E-state index < -0.39 is 16.2 Å². The molecule has 0 fully saturated rings. The molecule has 0 aromatic heterocycles. The number of rotatable bonds is 10. The van der Waals surface area contributed by atoms with Gasteiger partial charge in [-0.3, -0.25) is 4.79 Å². The van der Waals surface area contributed by atoms with E-state index in [1.165, 1.54) is 13.2 Å². The van der Waals surface area contributed by atoms with Gasteiger partial charge in [0, 0.05) is 12.8 Å². The molecule has 0 aliphatic heterocycles. The molecule has 1 unspecified atom stereocenters. The van der Waals surface area contributed by atoms with Gasteiger partial charge in [-0.05, 0) is 43.2 Å². The van der Waals surface area contributed by atoms with Crippen molar-refractivity contribution >= 4 is 21.7 Å². The first-order chi connectivity index (χ1) is 13.0. The summed E-state index contributed by atoms with van der Waals surface area (Å²) in [6, 6.07) is 17.5. The Bertz CT molecular complexity index is 835. The van der Waals surface area contributed by atoms with Gasteiger partial charge in [-0.25, -0.2) is 0 Å². The summed E-state index contributed by atoms with van der Waals surface area (Å²) in [4.78, 5) is 11.8. The van der Waals surface area contributed by atoms with Crippen molar-refractivity contribution in [3.8, 4) is 5.75 Å². The van der Waals surface area contributed by atoms with Crippen LogP contribution in [-0.4, -0.2) is 33.3 Å². The Kier molecular flexibility index (Phi) is 8.03. The minimum Gasteiger partial charge on any atom is -0.382 e. The van der Waals surface area contributed by atoms with E-state index in [1.54, 1.807) is 48.5 Å². The molecule has 0 heterocycles.